The van der Waals surface area contributed by atoms with Crippen molar-refractivity contribution >= 4 is 12.1 Å². The molecule has 1 saturated heterocycles. The SMILES string of the molecule is CC(C)(C)OC(=O)N1C[C@H]2C[C@@H](CC(=O)O)C[C@H]2C1. The van der Waals surface area contributed by atoms with Crippen LogP contribution in [0, 0.1) is 17.8 Å². The van der Waals surface area contributed by atoms with Crippen LogP contribution in [0.1, 0.15) is 40.0 Å². The Balaban J connectivity index is 1.84. The van der Waals surface area contributed by atoms with Gasteiger partial charge in [0.2, 0.25) is 0 Å². The van der Waals surface area contributed by atoms with Gasteiger partial charge in [0, 0.05) is 19.5 Å². The van der Waals surface area contributed by atoms with Gasteiger partial charge in [-0.05, 0) is 51.4 Å². The van der Waals surface area contributed by atoms with Crippen molar-refractivity contribution in [2.24, 2.45) is 17.8 Å². The number of amides is 1. The number of likely N-dealkylation sites (tertiary alicyclic amines) is 1. The van der Waals surface area contributed by atoms with Crippen molar-refractivity contribution in [2.75, 3.05) is 13.1 Å². The molecule has 2 fully saturated rings. The third-order valence-electron chi connectivity index (χ3n) is 3.96. The molecule has 1 amide bonds. The summed E-state index contributed by atoms with van der Waals surface area (Å²) >= 11 is 0. The van der Waals surface area contributed by atoms with Crippen molar-refractivity contribution in [1.29, 1.82) is 0 Å². The first-order valence-electron chi connectivity index (χ1n) is 6.94. The van der Waals surface area contributed by atoms with Gasteiger partial charge in [-0.2, -0.15) is 0 Å². The van der Waals surface area contributed by atoms with Crippen LogP contribution in [0.2, 0.25) is 0 Å². The summed E-state index contributed by atoms with van der Waals surface area (Å²) in [6.45, 7) is 7.03. The van der Waals surface area contributed by atoms with Crippen LogP contribution in [-0.4, -0.2) is 40.8 Å². The van der Waals surface area contributed by atoms with Gasteiger partial charge in [0.05, 0.1) is 0 Å². The van der Waals surface area contributed by atoms with Crippen molar-refractivity contribution in [3.63, 3.8) is 0 Å². The number of nitrogens with zero attached hydrogens (tertiary/aromatic N) is 1. The van der Waals surface area contributed by atoms with Gasteiger partial charge in [-0.3, -0.25) is 4.79 Å². The Hall–Kier alpha value is -1.26. The predicted molar refractivity (Wildman–Crippen MR) is 69.8 cm³/mol. The fourth-order valence-corrected chi connectivity index (χ4v) is 3.31. The number of hydrogen-bond donors (Lipinski definition) is 1. The predicted octanol–water partition coefficient (Wildman–Crippen LogP) is 2.35. The van der Waals surface area contributed by atoms with Gasteiger partial charge in [-0.25, -0.2) is 4.79 Å². The summed E-state index contributed by atoms with van der Waals surface area (Å²) in [5, 5.41) is 8.82. The smallest absolute Gasteiger partial charge is 0.410 e. The van der Waals surface area contributed by atoms with Crippen LogP contribution in [-0.2, 0) is 9.53 Å². The zero-order valence-electron chi connectivity index (χ0n) is 11.9. The molecule has 3 atom stereocenters. The Morgan fingerprint density at radius 1 is 1.21 bits per heavy atom. The number of carboxylic acid groups (broad SMARTS) is 1. The van der Waals surface area contributed by atoms with E-state index in [4.69, 9.17) is 9.84 Å². The van der Waals surface area contributed by atoms with E-state index in [0.717, 1.165) is 25.9 Å². The molecule has 0 bridgehead atoms. The summed E-state index contributed by atoms with van der Waals surface area (Å²) in [7, 11) is 0. The second kappa shape index (κ2) is 5.02. The van der Waals surface area contributed by atoms with Gasteiger partial charge in [0.25, 0.3) is 0 Å². The van der Waals surface area contributed by atoms with Gasteiger partial charge in [-0.1, -0.05) is 0 Å². The van der Waals surface area contributed by atoms with Crippen molar-refractivity contribution in [3.8, 4) is 0 Å². The molecule has 0 aromatic heterocycles. The van der Waals surface area contributed by atoms with E-state index in [9.17, 15) is 9.59 Å². The number of carboxylic acids is 1. The lowest BCUT2D eigenvalue weighted by Gasteiger charge is -2.25. The molecule has 1 heterocycles. The summed E-state index contributed by atoms with van der Waals surface area (Å²) in [6.07, 6.45) is 1.88. The quantitative estimate of drug-likeness (QED) is 0.835. The standard InChI is InChI=1S/C14H23NO4/c1-14(2,3)19-13(18)15-7-10-4-9(6-12(16)17)5-11(10)8-15/h9-11H,4-8H2,1-3H3,(H,16,17)/t9-,10-,11+. The summed E-state index contributed by atoms with van der Waals surface area (Å²) in [5.41, 5.74) is -0.458. The molecule has 0 radical (unpaired) electrons. The maximum Gasteiger partial charge on any atom is 0.410 e. The molecule has 5 nitrogen and oxygen atoms in total. The number of ether oxygens (including phenoxy) is 1. The van der Waals surface area contributed by atoms with E-state index >= 15 is 0 Å². The zero-order chi connectivity index (χ0) is 14.2. The lowest BCUT2D eigenvalue weighted by Crippen LogP contribution is -2.36. The molecule has 0 aromatic carbocycles. The summed E-state index contributed by atoms with van der Waals surface area (Å²) in [5.74, 6) is 0.482. The van der Waals surface area contributed by atoms with Crippen molar-refractivity contribution in [2.45, 2.75) is 45.6 Å². The van der Waals surface area contributed by atoms with E-state index in [1.165, 1.54) is 0 Å². The lowest BCUT2D eigenvalue weighted by atomic mass is 10.0. The van der Waals surface area contributed by atoms with E-state index in [0.29, 0.717) is 11.8 Å². The topological polar surface area (TPSA) is 66.8 Å². The Bertz CT molecular complexity index is 360. The van der Waals surface area contributed by atoms with E-state index in [2.05, 4.69) is 0 Å². The van der Waals surface area contributed by atoms with Gasteiger partial charge < -0.3 is 14.7 Å². The average molecular weight is 269 g/mol. The number of hydrogen-bond acceptors (Lipinski definition) is 3. The largest absolute Gasteiger partial charge is 0.481 e. The molecule has 1 aliphatic heterocycles. The van der Waals surface area contributed by atoms with Gasteiger partial charge in [0.1, 0.15) is 5.60 Å². The normalized spacial score (nSPS) is 30.3. The van der Waals surface area contributed by atoms with E-state index in [1.54, 1.807) is 4.90 Å². The second-order valence-corrected chi connectivity index (χ2v) is 6.84. The molecule has 2 rings (SSSR count). The first kappa shape index (κ1) is 14.2. The third kappa shape index (κ3) is 3.61. The summed E-state index contributed by atoms with van der Waals surface area (Å²) < 4.78 is 5.37. The third-order valence-corrected chi connectivity index (χ3v) is 3.96. The highest BCUT2D eigenvalue weighted by Gasteiger charge is 2.43. The molecular weight excluding hydrogens is 246 g/mol. The molecule has 108 valence electrons. The van der Waals surface area contributed by atoms with E-state index in [-0.39, 0.29) is 18.4 Å². The van der Waals surface area contributed by atoms with Gasteiger partial charge in [0.15, 0.2) is 0 Å². The number of carbonyl (C=O) groups excluding carboxylic acids is 1. The minimum atomic E-state index is -0.714. The van der Waals surface area contributed by atoms with Crippen LogP contribution >= 0.6 is 0 Å². The van der Waals surface area contributed by atoms with Crippen LogP contribution in [0.3, 0.4) is 0 Å². The Kier molecular flexibility index (Phi) is 3.74. The Morgan fingerprint density at radius 3 is 2.16 bits per heavy atom. The number of carbonyl (C=O) groups is 2. The fraction of sp³-hybridized carbons (Fsp3) is 0.857. The molecule has 19 heavy (non-hydrogen) atoms. The van der Waals surface area contributed by atoms with E-state index in [1.807, 2.05) is 20.8 Å². The average Bonchev–Trinajstić information content (AvgIpc) is 2.70. The van der Waals surface area contributed by atoms with Crippen molar-refractivity contribution in [1.82, 2.24) is 4.90 Å². The van der Waals surface area contributed by atoms with Crippen LogP contribution in [0.4, 0.5) is 4.79 Å². The van der Waals surface area contributed by atoms with Crippen LogP contribution in [0.5, 0.6) is 0 Å². The number of aliphatic carboxylic acids is 1. The zero-order valence-corrected chi connectivity index (χ0v) is 11.9. The second-order valence-electron chi connectivity index (χ2n) is 6.84. The van der Waals surface area contributed by atoms with Crippen LogP contribution in [0.15, 0.2) is 0 Å². The molecule has 5 heteroatoms. The first-order chi connectivity index (χ1) is 8.74. The fourth-order valence-electron chi connectivity index (χ4n) is 3.31. The van der Waals surface area contributed by atoms with Crippen molar-refractivity contribution in [3.05, 3.63) is 0 Å². The monoisotopic (exact) mass is 269 g/mol. The molecular formula is C14H23NO4. The lowest BCUT2D eigenvalue weighted by molar-refractivity contribution is -0.138. The molecule has 0 spiro atoms. The molecule has 1 aliphatic carbocycles. The summed E-state index contributed by atoms with van der Waals surface area (Å²) in [4.78, 5) is 24.5. The first-order valence-corrected chi connectivity index (χ1v) is 6.94. The minimum Gasteiger partial charge on any atom is -0.481 e. The molecule has 1 N–H and O–H groups in total. The van der Waals surface area contributed by atoms with Gasteiger partial charge >= 0.3 is 12.1 Å². The summed E-state index contributed by atoms with van der Waals surface area (Å²) in [6, 6.07) is 0. The number of rotatable bonds is 2. The van der Waals surface area contributed by atoms with E-state index < -0.39 is 11.6 Å². The van der Waals surface area contributed by atoms with Crippen molar-refractivity contribution < 1.29 is 19.4 Å². The highest BCUT2D eigenvalue weighted by atomic mass is 16.6. The van der Waals surface area contributed by atoms with Crippen LogP contribution < -0.4 is 0 Å². The van der Waals surface area contributed by atoms with Crippen LogP contribution in [0.25, 0.3) is 0 Å². The molecule has 1 saturated carbocycles. The molecule has 0 unspecified atom stereocenters. The highest BCUT2D eigenvalue weighted by molar-refractivity contribution is 5.69. The molecule has 2 aliphatic rings. The van der Waals surface area contributed by atoms with Gasteiger partial charge in [-0.15, -0.1) is 0 Å². The Labute approximate surface area is 113 Å². The highest BCUT2D eigenvalue weighted by Crippen LogP contribution is 2.43. The molecule has 0 aromatic rings. The maximum absolute atomic E-state index is 12.0. The minimum absolute atomic E-state index is 0.239. The Morgan fingerprint density at radius 2 is 1.74 bits per heavy atom. The maximum atomic E-state index is 12.0. The number of fused-ring (bicyclic) bond motifs is 1.